The van der Waals surface area contributed by atoms with Crippen LogP contribution in [-0.4, -0.2) is 29.7 Å². The van der Waals surface area contributed by atoms with Gasteiger partial charge in [-0.15, -0.1) is 0 Å². The van der Waals surface area contributed by atoms with Gasteiger partial charge in [0.2, 0.25) is 17.6 Å². The summed E-state index contributed by atoms with van der Waals surface area (Å²) in [5.41, 5.74) is 4.15. The Bertz CT molecular complexity index is 979. The summed E-state index contributed by atoms with van der Waals surface area (Å²) in [6.45, 7) is 4.66. The Morgan fingerprint density at radius 1 is 1.11 bits per heavy atom. The molecule has 0 radical (unpaired) electrons. The minimum atomic E-state index is -0.0985. The van der Waals surface area contributed by atoms with Crippen LogP contribution in [0.25, 0.3) is 11.4 Å². The number of rotatable bonds is 4. The van der Waals surface area contributed by atoms with Gasteiger partial charge in [0.05, 0.1) is 13.0 Å². The number of hydrogen-bond donors (Lipinski definition) is 0. The second-order valence-electron chi connectivity index (χ2n) is 6.86. The van der Waals surface area contributed by atoms with E-state index in [2.05, 4.69) is 24.0 Å². The first-order chi connectivity index (χ1) is 13.0. The van der Waals surface area contributed by atoms with Crippen LogP contribution >= 0.6 is 0 Å². The molecule has 0 N–H and O–H groups in total. The van der Waals surface area contributed by atoms with E-state index in [1.165, 1.54) is 11.1 Å². The zero-order valence-electron chi connectivity index (χ0n) is 15.6. The minimum absolute atomic E-state index is 0.0763. The number of hydrogen-bond acceptors (Lipinski definition) is 5. The molecule has 1 aliphatic heterocycles. The molecule has 0 spiro atoms. The highest BCUT2D eigenvalue weighted by molar-refractivity contribution is 5.96. The molecule has 0 saturated carbocycles. The summed E-state index contributed by atoms with van der Waals surface area (Å²) in [5.74, 6) is 1.77. The number of aromatic nitrogens is 2. The van der Waals surface area contributed by atoms with Gasteiger partial charge >= 0.3 is 0 Å². The van der Waals surface area contributed by atoms with Gasteiger partial charge in [-0.05, 0) is 61.4 Å². The van der Waals surface area contributed by atoms with Crippen LogP contribution in [0.5, 0.6) is 5.75 Å². The molecule has 1 atom stereocenters. The largest absolute Gasteiger partial charge is 0.497 e. The number of anilines is 1. The third kappa shape index (κ3) is 3.30. The molecule has 27 heavy (non-hydrogen) atoms. The van der Waals surface area contributed by atoms with Crippen molar-refractivity contribution in [3.8, 4) is 17.1 Å². The van der Waals surface area contributed by atoms with Crippen molar-refractivity contribution in [2.24, 2.45) is 0 Å². The number of carbonyl (C=O) groups is 1. The molecule has 0 bridgehead atoms. The van der Waals surface area contributed by atoms with Crippen molar-refractivity contribution in [2.45, 2.75) is 26.2 Å². The van der Waals surface area contributed by atoms with E-state index in [1.807, 2.05) is 42.5 Å². The van der Waals surface area contributed by atoms with E-state index in [0.717, 1.165) is 17.0 Å². The average Bonchev–Trinajstić information content (AvgIpc) is 3.31. The number of nitrogens with zero attached hydrogens (tertiary/aromatic N) is 3. The lowest BCUT2D eigenvalue weighted by molar-refractivity contribution is -0.117. The molecule has 1 unspecified atom stereocenters. The Morgan fingerprint density at radius 2 is 1.89 bits per heavy atom. The Balaban J connectivity index is 1.53. The molecular formula is C21H21N3O3. The van der Waals surface area contributed by atoms with Crippen LogP contribution in [0.2, 0.25) is 0 Å². The highest BCUT2D eigenvalue weighted by Crippen LogP contribution is 2.32. The zero-order valence-corrected chi connectivity index (χ0v) is 15.6. The van der Waals surface area contributed by atoms with E-state index in [9.17, 15) is 4.79 Å². The van der Waals surface area contributed by atoms with Crippen molar-refractivity contribution in [2.75, 3.05) is 18.6 Å². The molecule has 0 aliphatic carbocycles. The first-order valence-electron chi connectivity index (χ1n) is 8.91. The normalized spacial score (nSPS) is 16.8. The number of benzene rings is 2. The van der Waals surface area contributed by atoms with Crippen molar-refractivity contribution in [3.63, 3.8) is 0 Å². The van der Waals surface area contributed by atoms with E-state index in [4.69, 9.17) is 9.26 Å². The van der Waals surface area contributed by atoms with Gasteiger partial charge in [-0.2, -0.15) is 4.98 Å². The van der Waals surface area contributed by atoms with Gasteiger partial charge in [0.1, 0.15) is 5.75 Å². The first-order valence-corrected chi connectivity index (χ1v) is 8.91. The van der Waals surface area contributed by atoms with Gasteiger partial charge in [-0.25, -0.2) is 0 Å². The van der Waals surface area contributed by atoms with E-state index < -0.39 is 0 Å². The molecule has 2 aromatic carbocycles. The molecule has 6 nitrogen and oxygen atoms in total. The Labute approximate surface area is 157 Å². The molecule has 6 heteroatoms. The van der Waals surface area contributed by atoms with E-state index >= 15 is 0 Å². The Kier molecular flexibility index (Phi) is 4.39. The lowest BCUT2D eigenvalue weighted by Gasteiger charge is -2.17. The third-order valence-electron chi connectivity index (χ3n) is 5.07. The summed E-state index contributed by atoms with van der Waals surface area (Å²) in [5, 5.41) is 4.08. The van der Waals surface area contributed by atoms with Crippen LogP contribution in [0, 0.1) is 13.8 Å². The van der Waals surface area contributed by atoms with Crippen LogP contribution in [0.4, 0.5) is 5.69 Å². The van der Waals surface area contributed by atoms with Crippen LogP contribution in [0.3, 0.4) is 0 Å². The highest BCUT2D eigenvalue weighted by atomic mass is 16.5. The third-order valence-corrected chi connectivity index (χ3v) is 5.07. The maximum atomic E-state index is 12.5. The highest BCUT2D eigenvalue weighted by Gasteiger charge is 2.35. The molecule has 3 aromatic rings. The summed E-state index contributed by atoms with van der Waals surface area (Å²) in [4.78, 5) is 18.8. The summed E-state index contributed by atoms with van der Waals surface area (Å²) in [6.07, 6.45) is 0.372. The van der Waals surface area contributed by atoms with Crippen LogP contribution in [0.15, 0.2) is 47.0 Å². The zero-order chi connectivity index (χ0) is 19.0. The summed E-state index contributed by atoms with van der Waals surface area (Å²) in [7, 11) is 1.62. The molecule has 1 aromatic heterocycles. The molecule has 1 amide bonds. The van der Waals surface area contributed by atoms with Gasteiger partial charge in [0, 0.05) is 24.2 Å². The van der Waals surface area contributed by atoms with Crippen molar-refractivity contribution >= 4 is 11.6 Å². The molecule has 1 fully saturated rings. The second-order valence-corrected chi connectivity index (χ2v) is 6.86. The van der Waals surface area contributed by atoms with Gasteiger partial charge in [-0.3, -0.25) is 4.79 Å². The monoisotopic (exact) mass is 363 g/mol. The van der Waals surface area contributed by atoms with E-state index in [-0.39, 0.29) is 11.8 Å². The van der Waals surface area contributed by atoms with Gasteiger partial charge < -0.3 is 14.2 Å². The summed E-state index contributed by atoms with van der Waals surface area (Å²) in [6, 6.07) is 13.5. The summed E-state index contributed by atoms with van der Waals surface area (Å²) >= 11 is 0. The lowest BCUT2D eigenvalue weighted by Crippen LogP contribution is -2.24. The van der Waals surface area contributed by atoms with Gasteiger partial charge in [0.25, 0.3) is 0 Å². The summed E-state index contributed by atoms with van der Waals surface area (Å²) < 4.78 is 10.6. The first kappa shape index (κ1) is 17.3. The van der Waals surface area contributed by atoms with Crippen molar-refractivity contribution < 1.29 is 14.1 Å². The number of ether oxygens (including phenoxy) is 1. The maximum absolute atomic E-state index is 12.5. The molecule has 4 rings (SSSR count). The standard InChI is InChI=1S/C21H21N3O3/c1-13-4-7-17(10-14(13)2)24-12-16(11-19(24)25)21-22-20(23-27-21)15-5-8-18(26-3)9-6-15/h4-10,16H,11-12H2,1-3H3. The number of amides is 1. The van der Waals surface area contributed by atoms with E-state index in [0.29, 0.717) is 24.7 Å². The SMILES string of the molecule is COc1ccc(-c2noc(C3CC(=O)N(c4ccc(C)c(C)c4)C3)n2)cc1. The van der Waals surface area contributed by atoms with Crippen LogP contribution in [-0.2, 0) is 4.79 Å². The fourth-order valence-corrected chi connectivity index (χ4v) is 3.27. The average molecular weight is 363 g/mol. The predicted molar refractivity (Wildman–Crippen MR) is 102 cm³/mol. The van der Waals surface area contributed by atoms with Crippen molar-refractivity contribution in [1.29, 1.82) is 0 Å². The second kappa shape index (κ2) is 6.87. The van der Waals surface area contributed by atoms with Crippen molar-refractivity contribution in [1.82, 2.24) is 10.1 Å². The smallest absolute Gasteiger partial charge is 0.232 e. The predicted octanol–water partition coefficient (Wildman–Crippen LogP) is 3.88. The fraction of sp³-hybridized carbons (Fsp3) is 0.286. The quantitative estimate of drug-likeness (QED) is 0.703. The molecule has 138 valence electrons. The topological polar surface area (TPSA) is 68.5 Å². The lowest BCUT2D eigenvalue weighted by atomic mass is 10.1. The van der Waals surface area contributed by atoms with Gasteiger partial charge in [0.15, 0.2) is 0 Å². The molecule has 1 saturated heterocycles. The number of carbonyl (C=O) groups excluding carboxylic acids is 1. The molecule has 2 heterocycles. The fourth-order valence-electron chi connectivity index (χ4n) is 3.27. The Morgan fingerprint density at radius 3 is 2.59 bits per heavy atom. The van der Waals surface area contributed by atoms with Crippen molar-refractivity contribution in [3.05, 3.63) is 59.5 Å². The number of aryl methyl sites for hydroxylation is 2. The number of methoxy groups -OCH3 is 1. The van der Waals surface area contributed by atoms with Gasteiger partial charge in [-0.1, -0.05) is 11.2 Å². The minimum Gasteiger partial charge on any atom is -0.497 e. The maximum Gasteiger partial charge on any atom is 0.232 e. The molecule has 1 aliphatic rings. The Hall–Kier alpha value is -3.15. The van der Waals surface area contributed by atoms with Crippen LogP contribution < -0.4 is 9.64 Å². The molecular weight excluding hydrogens is 342 g/mol. The van der Waals surface area contributed by atoms with Crippen LogP contribution in [0.1, 0.15) is 29.4 Å². The van der Waals surface area contributed by atoms with E-state index in [1.54, 1.807) is 12.0 Å².